The third-order valence-corrected chi connectivity index (χ3v) is 3.72. The molecule has 0 spiro atoms. The molecule has 0 aromatic heterocycles. The molecule has 0 unspecified atom stereocenters. The Kier molecular flexibility index (Phi) is 3.54. The maximum Gasteiger partial charge on any atom is 0.318 e. The molecule has 102 valence electrons. The average Bonchev–Trinajstić information content (AvgIpc) is 2.70. The van der Waals surface area contributed by atoms with Crippen molar-refractivity contribution in [3.8, 4) is 5.75 Å². The molecule has 1 fully saturated rings. The van der Waals surface area contributed by atoms with Crippen molar-refractivity contribution in [3.05, 3.63) is 24.3 Å². The molecule has 8 heteroatoms. The summed E-state index contributed by atoms with van der Waals surface area (Å²) in [5, 5.41) is 0.291. The van der Waals surface area contributed by atoms with Crippen molar-refractivity contribution in [3.63, 3.8) is 0 Å². The van der Waals surface area contributed by atoms with Crippen molar-refractivity contribution in [2.75, 3.05) is 7.11 Å². The largest absolute Gasteiger partial charge is 0.497 e. The number of methoxy groups -OCH3 is 1. The minimum atomic E-state index is -4.21. The summed E-state index contributed by atoms with van der Waals surface area (Å²) in [6.07, 6.45) is -0.0894. The van der Waals surface area contributed by atoms with Crippen LogP contribution >= 0.6 is 0 Å². The van der Waals surface area contributed by atoms with Gasteiger partial charge in [-0.3, -0.25) is 9.59 Å². The average molecular weight is 285 g/mol. The fraction of sp³-hybridized carbons (Fsp3) is 0.273. The van der Waals surface area contributed by atoms with Crippen molar-refractivity contribution in [2.24, 2.45) is 0 Å². The van der Waals surface area contributed by atoms with Crippen LogP contribution in [0.15, 0.2) is 29.2 Å². The molecular weight excluding hydrogens is 274 g/mol. The Morgan fingerprint density at radius 3 is 2.05 bits per heavy atom. The smallest absolute Gasteiger partial charge is 0.318 e. The predicted molar refractivity (Wildman–Crippen MR) is 62.4 cm³/mol. The molecule has 0 atom stereocenters. The van der Waals surface area contributed by atoms with Crippen molar-refractivity contribution < 1.29 is 27.0 Å². The van der Waals surface area contributed by atoms with Gasteiger partial charge in [0, 0.05) is 12.8 Å². The van der Waals surface area contributed by atoms with E-state index in [0.29, 0.717) is 10.8 Å². The highest BCUT2D eigenvalue weighted by Gasteiger charge is 2.35. The number of ether oxygens (including phenoxy) is 1. The van der Waals surface area contributed by atoms with Crippen molar-refractivity contribution in [2.45, 2.75) is 17.7 Å². The van der Waals surface area contributed by atoms with Gasteiger partial charge in [0.2, 0.25) is 0 Å². The summed E-state index contributed by atoms with van der Waals surface area (Å²) in [6.45, 7) is 0. The quantitative estimate of drug-likeness (QED) is 0.747. The number of hydrogen-bond acceptors (Lipinski definition) is 6. The second-order valence-corrected chi connectivity index (χ2v) is 5.31. The van der Waals surface area contributed by atoms with Gasteiger partial charge in [-0.25, -0.2) is 0 Å². The molecule has 0 saturated carbocycles. The summed E-state index contributed by atoms with van der Waals surface area (Å²) in [7, 11) is -2.76. The molecule has 1 heterocycles. The molecule has 2 amide bonds. The van der Waals surface area contributed by atoms with Crippen LogP contribution in [0.25, 0.3) is 0 Å². The maximum absolute atomic E-state index is 11.9. The monoisotopic (exact) mass is 285 g/mol. The lowest BCUT2D eigenvalue weighted by Crippen LogP contribution is -2.32. The Morgan fingerprint density at radius 2 is 1.58 bits per heavy atom. The molecular formula is C11H11NO6S. The molecule has 0 radical (unpaired) electrons. The highest BCUT2D eigenvalue weighted by atomic mass is 32.2. The standard InChI is InChI=1S/C11H11NO6S/c1-17-8-2-4-9(5-3-8)19(15,16)18-12-10(13)6-7-11(12)14/h2-5H,6-7H2,1H3. The minimum absolute atomic E-state index is 0.0447. The van der Waals surface area contributed by atoms with Gasteiger partial charge in [0.25, 0.3) is 11.8 Å². The van der Waals surface area contributed by atoms with Crippen LogP contribution in [0.3, 0.4) is 0 Å². The highest BCUT2D eigenvalue weighted by molar-refractivity contribution is 7.86. The molecule has 1 aliphatic rings. The second kappa shape index (κ2) is 4.98. The molecule has 1 aromatic carbocycles. The number of amides is 2. The molecule has 19 heavy (non-hydrogen) atoms. The highest BCUT2D eigenvalue weighted by Crippen LogP contribution is 2.21. The third kappa shape index (κ3) is 2.74. The van der Waals surface area contributed by atoms with Crippen LogP contribution in [0.5, 0.6) is 5.75 Å². The Morgan fingerprint density at radius 1 is 1.05 bits per heavy atom. The van der Waals surface area contributed by atoms with Crippen LogP contribution in [0.1, 0.15) is 12.8 Å². The summed E-state index contributed by atoms with van der Waals surface area (Å²) >= 11 is 0. The van der Waals surface area contributed by atoms with E-state index in [4.69, 9.17) is 4.74 Å². The Bertz CT molecular complexity index is 591. The zero-order valence-corrected chi connectivity index (χ0v) is 10.8. The molecule has 0 aliphatic carbocycles. The molecule has 0 bridgehead atoms. The molecule has 1 aromatic rings. The summed E-state index contributed by atoms with van der Waals surface area (Å²) in [5.74, 6) is -0.851. The first-order valence-corrected chi connectivity index (χ1v) is 6.79. The van der Waals surface area contributed by atoms with E-state index in [9.17, 15) is 18.0 Å². The van der Waals surface area contributed by atoms with Gasteiger partial charge in [0.05, 0.1) is 12.0 Å². The Balaban J connectivity index is 2.22. The zero-order chi connectivity index (χ0) is 14.0. The summed E-state index contributed by atoms with van der Waals surface area (Å²) in [5.41, 5.74) is 0. The number of benzene rings is 1. The fourth-order valence-electron chi connectivity index (χ4n) is 1.52. The number of nitrogens with zero attached hydrogens (tertiary/aromatic N) is 1. The summed E-state index contributed by atoms with van der Waals surface area (Å²) in [4.78, 5) is 22.4. The van der Waals surface area contributed by atoms with E-state index in [0.717, 1.165) is 0 Å². The van der Waals surface area contributed by atoms with Gasteiger partial charge in [-0.15, -0.1) is 9.35 Å². The van der Waals surface area contributed by atoms with Crippen LogP contribution in [-0.4, -0.2) is 32.4 Å². The van der Waals surface area contributed by atoms with E-state index in [1.165, 1.54) is 31.4 Å². The molecule has 1 saturated heterocycles. The van der Waals surface area contributed by atoms with Gasteiger partial charge in [0.1, 0.15) is 5.75 Å². The number of imide groups is 1. The first-order valence-electron chi connectivity index (χ1n) is 5.38. The van der Waals surface area contributed by atoms with Crippen LogP contribution in [0, 0.1) is 0 Å². The van der Waals surface area contributed by atoms with E-state index in [1.807, 2.05) is 0 Å². The van der Waals surface area contributed by atoms with E-state index < -0.39 is 21.9 Å². The van der Waals surface area contributed by atoms with Crippen molar-refractivity contribution >= 4 is 21.9 Å². The van der Waals surface area contributed by atoms with E-state index in [2.05, 4.69) is 4.28 Å². The van der Waals surface area contributed by atoms with Gasteiger partial charge in [-0.2, -0.15) is 8.42 Å². The van der Waals surface area contributed by atoms with E-state index in [1.54, 1.807) is 0 Å². The lowest BCUT2D eigenvalue weighted by Gasteiger charge is -2.12. The Hall–Kier alpha value is -1.93. The van der Waals surface area contributed by atoms with Crippen LogP contribution in [-0.2, 0) is 24.0 Å². The summed E-state index contributed by atoms with van der Waals surface area (Å²) in [6, 6.07) is 5.39. The second-order valence-electron chi connectivity index (χ2n) is 3.79. The van der Waals surface area contributed by atoms with Gasteiger partial charge >= 0.3 is 10.1 Å². The zero-order valence-electron chi connectivity index (χ0n) is 10.0. The van der Waals surface area contributed by atoms with Gasteiger partial charge in [-0.05, 0) is 24.3 Å². The number of carbonyl (C=O) groups excluding carboxylic acids is 2. The van der Waals surface area contributed by atoms with E-state index >= 15 is 0 Å². The van der Waals surface area contributed by atoms with Crippen LogP contribution in [0.2, 0.25) is 0 Å². The lowest BCUT2D eigenvalue weighted by atomic mass is 10.3. The topological polar surface area (TPSA) is 90.0 Å². The maximum atomic E-state index is 11.9. The number of hydrogen-bond donors (Lipinski definition) is 0. The minimum Gasteiger partial charge on any atom is -0.497 e. The first-order chi connectivity index (χ1) is 8.94. The Labute approximate surface area is 109 Å². The van der Waals surface area contributed by atoms with Gasteiger partial charge < -0.3 is 4.74 Å². The molecule has 1 aliphatic heterocycles. The first kappa shape index (κ1) is 13.5. The predicted octanol–water partition coefficient (Wildman–Crippen LogP) is 0.464. The van der Waals surface area contributed by atoms with Gasteiger partial charge in [-0.1, -0.05) is 0 Å². The molecule has 2 rings (SSSR count). The third-order valence-electron chi connectivity index (χ3n) is 2.53. The van der Waals surface area contributed by atoms with Crippen molar-refractivity contribution in [1.29, 1.82) is 0 Å². The SMILES string of the molecule is COc1ccc(S(=O)(=O)ON2C(=O)CCC2=O)cc1. The van der Waals surface area contributed by atoms with Crippen LogP contribution in [0.4, 0.5) is 0 Å². The van der Waals surface area contributed by atoms with Gasteiger partial charge in [0.15, 0.2) is 0 Å². The molecule has 0 N–H and O–H groups in total. The molecule has 7 nitrogen and oxygen atoms in total. The normalized spacial score (nSPS) is 15.9. The fourth-order valence-corrected chi connectivity index (χ4v) is 2.44. The number of carbonyl (C=O) groups is 2. The summed E-state index contributed by atoms with van der Waals surface area (Å²) < 4.78 is 33.2. The van der Waals surface area contributed by atoms with Crippen molar-refractivity contribution in [1.82, 2.24) is 5.06 Å². The number of hydroxylamine groups is 2. The van der Waals surface area contributed by atoms with Crippen LogP contribution < -0.4 is 4.74 Å². The van der Waals surface area contributed by atoms with E-state index in [-0.39, 0.29) is 17.7 Å². The lowest BCUT2D eigenvalue weighted by molar-refractivity contribution is -0.163. The number of rotatable bonds is 4.